The van der Waals surface area contributed by atoms with Crippen LogP contribution in [0.4, 0.5) is 17.1 Å². The minimum absolute atomic E-state index is 0.166. The predicted octanol–water partition coefficient (Wildman–Crippen LogP) is 13.8. The van der Waals surface area contributed by atoms with Gasteiger partial charge < -0.3 is 9.32 Å². The van der Waals surface area contributed by atoms with E-state index in [2.05, 4.69) is 189 Å². The van der Waals surface area contributed by atoms with Crippen LogP contribution in [0, 0.1) is 0 Å². The Kier molecular flexibility index (Phi) is 6.56. The summed E-state index contributed by atoms with van der Waals surface area (Å²) in [5.74, 6) is 0. The molecule has 2 heteroatoms. The van der Waals surface area contributed by atoms with E-state index in [9.17, 15) is 0 Å². The third-order valence-electron chi connectivity index (χ3n) is 10.8. The maximum absolute atomic E-state index is 6.36. The number of furan rings is 1. The summed E-state index contributed by atoms with van der Waals surface area (Å²) in [5.41, 5.74) is 15.0. The molecule has 0 spiro atoms. The Hall–Kier alpha value is -6.38. The third kappa shape index (κ3) is 4.57. The topological polar surface area (TPSA) is 16.4 Å². The minimum Gasteiger partial charge on any atom is -0.456 e. The number of benzene rings is 8. The molecule has 0 aliphatic heterocycles. The number of nitrogens with zero attached hydrogens (tertiary/aromatic N) is 1. The second-order valence-corrected chi connectivity index (χ2v) is 14.1. The third-order valence-corrected chi connectivity index (χ3v) is 10.8. The first-order valence-electron chi connectivity index (χ1n) is 17.7. The molecule has 1 aromatic heterocycles. The van der Waals surface area contributed by atoms with Gasteiger partial charge in [0, 0.05) is 38.4 Å². The fourth-order valence-electron chi connectivity index (χ4n) is 8.35. The van der Waals surface area contributed by atoms with Crippen LogP contribution in [0.25, 0.3) is 66.1 Å². The smallest absolute Gasteiger partial charge is 0.135 e. The molecule has 0 unspecified atom stereocenters. The van der Waals surface area contributed by atoms with E-state index in [1.165, 1.54) is 61.0 Å². The van der Waals surface area contributed by atoms with Gasteiger partial charge in [-0.25, -0.2) is 0 Å². The highest BCUT2D eigenvalue weighted by molar-refractivity contribution is 6.12. The number of para-hydroxylation sites is 1. The van der Waals surface area contributed by atoms with E-state index in [0.717, 1.165) is 33.3 Å². The molecule has 1 heterocycles. The SMILES string of the molecule is CC1(C)c2ccccc2-c2c1cc1ccccc1c2N(c1ccc2oc3ccccc3c2c1)c1ccc(-c2ccccc2)cc1-c1ccccc1. The molecule has 2 nitrogen and oxygen atoms in total. The molecule has 0 fully saturated rings. The number of rotatable bonds is 5. The standard InChI is InChI=1S/C49H35NO/c1-49(2)42-23-13-11-22-39(42)47-43(49)30-35-19-9-10-20-37(35)48(47)50(36-26-28-46-41(31-36)38-21-12-14-24-45(38)51-46)44-27-25-34(32-15-5-3-6-16-32)29-40(44)33-17-7-4-8-18-33/h3-31H,1-2H3. The van der Waals surface area contributed by atoms with Gasteiger partial charge in [0.1, 0.15) is 11.2 Å². The molecule has 10 rings (SSSR count). The Morgan fingerprint density at radius 1 is 0.451 bits per heavy atom. The van der Waals surface area contributed by atoms with Crippen LogP contribution in [0.15, 0.2) is 180 Å². The van der Waals surface area contributed by atoms with Crippen LogP contribution >= 0.6 is 0 Å². The van der Waals surface area contributed by atoms with Crippen molar-refractivity contribution in [2.45, 2.75) is 19.3 Å². The highest BCUT2D eigenvalue weighted by Gasteiger charge is 2.39. The monoisotopic (exact) mass is 653 g/mol. The first-order valence-corrected chi connectivity index (χ1v) is 17.7. The number of hydrogen-bond donors (Lipinski definition) is 0. The summed E-state index contributed by atoms with van der Waals surface area (Å²) in [6, 6.07) is 63.8. The zero-order chi connectivity index (χ0) is 34.1. The Morgan fingerprint density at radius 3 is 1.94 bits per heavy atom. The molecule has 1 aliphatic carbocycles. The van der Waals surface area contributed by atoms with Crippen molar-refractivity contribution in [2.24, 2.45) is 0 Å². The van der Waals surface area contributed by atoms with Crippen molar-refractivity contribution in [3.05, 3.63) is 187 Å². The van der Waals surface area contributed by atoms with E-state index in [1.54, 1.807) is 0 Å². The van der Waals surface area contributed by atoms with Crippen LogP contribution in [0.5, 0.6) is 0 Å². The zero-order valence-corrected chi connectivity index (χ0v) is 28.6. The molecule has 8 aromatic carbocycles. The van der Waals surface area contributed by atoms with Gasteiger partial charge in [-0.3, -0.25) is 0 Å². The minimum atomic E-state index is -0.166. The molecule has 0 atom stereocenters. The molecule has 51 heavy (non-hydrogen) atoms. The summed E-state index contributed by atoms with van der Waals surface area (Å²) in [6.45, 7) is 4.74. The maximum Gasteiger partial charge on any atom is 0.135 e. The van der Waals surface area contributed by atoms with E-state index in [4.69, 9.17) is 4.42 Å². The number of anilines is 3. The van der Waals surface area contributed by atoms with Crippen molar-refractivity contribution in [2.75, 3.05) is 4.90 Å². The van der Waals surface area contributed by atoms with Crippen LogP contribution in [0.3, 0.4) is 0 Å². The van der Waals surface area contributed by atoms with E-state index in [1.807, 2.05) is 6.07 Å². The van der Waals surface area contributed by atoms with Crippen LogP contribution in [0.1, 0.15) is 25.0 Å². The van der Waals surface area contributed by atoms with Crippen molar-refractivity contribution in [1.29, 1.82) is 0 Å². The van der Waals surface area contributed by atoms with Gasteiger partial charge in [-0.2, -0.15) is 0 Å². The average Bonchev–Trinajstić information content (AvgIpc) is 3.67. The molecule has 0 saturated heterocycles. The molecule has 0 saturated carbocycles. The zero-order valence-electron chi connectivity index (χ0n) is 28.6. The van der Waals surface area contributed by atoms with Gasteiger partial charge in [-0.05, 0) is 81.2 Å². The number of hydrogen-bond acceptors (Lipinski definition) is 2. The summed E-state index contributed by atoms with van der Waals surface area (Å²) >= 11 is 0. The Morgan fingerprint density at radius 2 is 1.12 bits per heavy atom. The summed E-state index contributed by atoms with van der Waals surface area (Å²) < 4.78 is 6.36. The van der Waals surface area contributed by atoms with Crippen LogP contribution in [0.2, 0.25) is 0 Å². The van der Waals surface area contributed by atoms with Crippen LogP contribution in [-0.2, 0) is 5.41 Å². The van der Waals surface area contributed by atoms with E-state index in [0.29, 0.717) is 0 Å². The fraction of sp³-hybridized carbons (Fsp3) is 0.0612. The van der Waals surface area contributed by atoms with E-state index >= 15 is 0 Å². The first-order chi connectivity index (χ1) is 25.1. The molecule has 0 bridgehead atoms. The largest absolute Gasteiger partial charge is 0.456 e. The van der Waals surface area contributed by atoms with Gasteiger partial charge in [-0.15, -0.1) is 0 Å². The van der Waals surface area contributed by atoms with Gasteiger partial charge in [0.2, 0.25) is 0 Å². The van der Waals surface area contributed by atoms with Crippen molar-refractivity contribution in [3.8, 4) is 33.4 Å². The molecule has 1 aliphatic rings. The van der Waals surface area contributed by atoms with Crippen molar-refractivity contribution in [3.63, 3.8) is 0 Å². The van der Waals surface area contributed by atoms with Crippen molar-refractivity contribution < 1.29 is 4.42 Å². The van der Waals surface area contributed by atoms with Gasteiger partial charge in [-0.1, -0.05) is 147 Å². The second kappa shape index (κ2) is 11.3. The Balaban J connectivity index is 1.35. The Labute approximate surface area is 297 Å². The quantitative estimate of drug-likeness (QED) is 0.184. The maximum atomic E-state index is 6.36. The van der Waals surface area contributed by atoms with Crippen molar-refractivity contribution >= 4 is 49.8 Å². The first kappa shape index (κ1) is 29.5. The summed E-state index contributed by atoms with van der Waals surface area (Å²) in [5, 5.41) is 4.67. The molecule has 0 radical (unpaired) electrons. The van der Waals surface area contributed by atoms with Gasteiger partial charge in [0.25, 0.3) is 0 Å². The molecule has 242 valence electrons. The van der Waals surface area contributed by atoms with Crippen LogP contribution in [-0.4, -0.2) is 0 Å². The molecular weight excluding hydrogens is 619 g/mol. The van der Waals surface area contributed by atoms with Gasteiger partial charge >= 0.3 is 0 Å². The van der Waals surface area contributed by atoms with Crippen molar-refractivity contribution in [1.82, 2.24) is 0 Å². The number of fused-ring (bicyclic) bond motifs is 7. The molecule has 0 amide bonds. The van der Waals surface area contributed by atoms with E-state index < -0.39 is 0 Å². The lowest BCUT2D eigenvalue weighted by molar-refractivity contribution is 0.661. The molecule has 9 aromatic rings. The normalized spacial score (nSPS) is 13.1. The van der Waals surface area contributed by atoms with Crippen LogP contribution < -0.4 is 4.90 Å². The lowest BCUT2D eigenvalue weighted by atomic mass is 9.81. The molecule has 0 N–H and O–H groups in total. The highest BCUT2D eigenvalue weighted by atomic mass is 16.3. The lowest BCUT2D eigenvalue weighted by Gasteiger charge is -2.32. The lowest BCUT2D eigenvalue weighted by Crippen LogP contribution is -2.17. The second-order valence-electron chi connectivity index (χ2n) is 14.1. The predicted molar refractivity (Wildman–Crippen MR) is 214 cm³/mol. The summed E-state index contributed by atoms with van der Waals surface area (Å²) in [7, 11) is 0. The fourth-order valence-corrected chi connectivity index (χ4v) is 8.35. The Bertz CT molecular complexity index is 2770. The van der Waals surface area contributed by atoms with E-state index in [-0.39, 0.29) is 5.41 Å². The average molecular weight is 654 g/mol. The summed E-state index contributed by atoms with van der Waals surface area (Å²) in [6.07, 6.45) is 0. The molecular formula is C49H35NO. The van der Waals surface area contributed by atoms with Gasteiger partial charge in [0.05, 0.1) is 11.4 Å². The van der Waals surface area contributed by atoms with Gasteiger partial charge in [0.15, 0.2) is 0 Å². The summed E-state index contributed by atoms with van der Waals surface area (Å²) in [4.78, 5) is 2.53. The highest BCUT2D eigenvalue weighted by Crippen LogP contribution is 2.57.